The molecule has 3 N–H and O–H groups in total. The monoisotopic (exact) mass is 265 g/mol. The lowest BCUT2D eigenvalue weighted by Gasteiger charge is -2.08. The molecule has 1 rings (SSSR count). The summed E-state index contributed by atoms with van der Waals surface area (Å²) in [5.41, 5.74) is 6.13. The van der Waals surface area contributed by atoms with Crippen LogP contribution < -0.4 is 11.1 Å². The second-order valence-corrected chi connectivity index (χ2v) is 4.17. The highest BCUT2D eigenvalue weighted by Gasteiger charge is 2.10. The van der Waals surface area contributed by atoms with Gasteiger partial charge in [0.2, 0.25) is 5.91 Å². The van der Waals surface area contributed by atoms with Crippen molar-refractivity contribution in [2.24, 2.45) is 5.73 Å². The molecule has 1 aromatic rings. The van der Waals surface area contributed by atoms with Crippen molar-refractivity contribution in [3.63, 3.8) is 0 Å². The number of pyridine rings is 1. The Morgan fingerprint density at radius 3 is 2.68 bits per heavy atom. The molecule has 1 amide bonds. The lowest BCUT2D eigenvalue weighted by Crippen LogP contribution is -2.11. The molecule has 0 radical (unpaired) electrons. The van der Waals surface area contributed by atoms with Crippen molar-refractivity contribution in [1.29, 1.82) is 0 Å². The Kier molecular flexibility index (Phi) is 5.78. The van der Waals surface area contributed by atoms with Crippen LogP contribution in [0.3, 0.4) is 0 Å². The number of ether oxygens (including phenoxy) is 1. The molecule has 0 unspecified atom stereocenters. The van der Waals surface area contributed by atoms with E-state index in [-0.39, 0.29) is 5.91 Å². The number of primary amides is 1. The molecule has 0 fully saturated rings. The van der Waals surface area contributed by atoms with Crippen LogP contribution >= 0.6 is 0 Å². The molecule has 104 valence electrons. The predicted molar refractivity (Wildman–Crippen MR) is 71.8 cm³/mol. The van der Waals surface area contributed by atoms with Crippen LogP contribution in [0.5, 0.6) is 0 Å². The topological polar surface area (TPSA) is 94.3 Å². The Balaban J connectivity index is 2.45. The number of hydrogen-bond donors (Lipinski definition) is 2. The van der Waals surface area contributed by atoms with Crippen LogP contribution in [0.15, 0.2) is 12.1 Å². The molecule has 0 aliphatic heterocycles. The number of rotatable bonds is 7. The van der Waals surface area contributed by atoms with Crippen LogP contribution in [0.2, 0.25) is 0 Å². The van der Waals surface area contributed by atoms with Crippen LogP contribution in [0.25, 0.3) is 0 Å². The number of esters is 1. The molecular formula is C13H19N3O3. The smallest absolute Gasteiger partial charge is 0.339 e. The number of hydrogen-bond acceptors (Lipinski definition) is 5. The Hall–Kier alpha value is -2.11. The number of aryl methyl sites for hydroxylation is 1. The van der Waals surface area contributed by atoms with Crippen molar-refractivity contribution in [3.05, 3.63) is 23.4 Å². The van der Waals surface area contributed by atoms with Crippen LogP contribution in [-0.4, -0.2) is 30.5 Å². The first-order valence-corrected chi connectivity index (χ1v) is 6.12. The number of amides is 1. The van der Waals surface area contributed by atoms with Gasteiger partial charge in [-0.1, -0.05) is 0 Å². The predicted octanol–water partition coefficient (Wildman–Crippen LogP) is 1.24. The Morgan fingerprint density at radius 2 is 2.11 bits per heavy atom. The minimum absolute atomic E-state index is 0.281. The van der Waals surface area contributed by atoms with Gasteiger partial charge < -0.3 is 15.8 Å². The summed E-state index contributed by atoms with van der Waals surface area (Å²) < 4.78 is 4.65. The van der Waals surface area contributed by atoms with Gasteiger partial charge in [-0.3, -0.25) is 4.79 Å². The Morgan fingerprint density at radius 1 is 1.37 bits per heavy atom. The normalized spacial score (nSPS) is 10.0. The minimum atomic E-state index is -0.391. The number of nitrogens with zero attached hydrogens (tertiary/aromatic N) is 1. The summed E-state index contributed by atoms with van der Waals surface area (Å²) in [6, 6.07) is 3.41. The van der Waals surface area contributed by atoms with Gasteiger partial charge in [0.25, 0.3) is 0 Å². The van der Waals surface area contributed by atoms with E-state index in [1.807, 2.05) is 0 Å². The molecule has 6 heteroatoms. The summed E-state index contributed by atoms with van der Waals surface area (Å²) in [4.78, 5) is 26.2. The van der Waals surface area contributed by atoms with Gasteiger partial charge in [0.15, 0.2) is 0 Å². The minimum Gasteiger partial charge on any atom is -0.465 e. The third kappa shape index (κ3) is 4.95. The van der Waals surface area contributed by atoms with Gasteiger partial charge in [-0.15, -0.1) is 0 Å². The van der Waals surface area contributed by atoms with E-state index in [2.05, 4.69) is 15.0 Å². The molecule has 6 nitrogen and oxygen atoms in total. The number of aromatic nitrogens is 1. The number of nitrogens with two attached hydrogens (primary N) is 1. The molecule has 0 atom stereocenters. The lowest BCUT2D eigenvalue weighted by atomic mass is 10.2. The molecule has 1 aromatic heterocycles. The standard InChI is InChI=1S/C13H19N3O3/c1-9-10(13(18)19-2)6-7-12(16-9)15-8-4-3-5-11(14)17/h6-7H,3-5,8H2,1-2H3,(H2,14,17)(H,15,16). The second kappa shape index (κ2) is 7.35. The largest absolute Gasteiger partial charge is 0.465 e. The van der Waals surface area contributed by atoms with Crippen molar-refractivity contribution in [2.75, 3.05) is 19.0 Å². The fourth-order valence-electron chi connectivity index (χ4n) is 1.63. The second-order valence-electron chi connectivity index (χ2n) is 4.17. The van der Waals surface area contributed by atoms with Crippen LogP contribution in [0.1, 0.15) is 35.3 Å². The van der Waals surface area contributed by atoms with Gasteiger partial charge in [0.1, 0.15) is 5.82 Å². The van der Waals surface area contributed by atoms with Gasteiger partial charge in [0.05, 0.1) is 18.4 Å². The average molecular weight is 265 g/mol. The van der Waals surface area contributed by atoms with Crippen molar-refractivity contribution in [3.8, 4) is 0 Å². The first kappa shape index (κ1) is 14.9. The van der Waals surface area contributed by atoms with E-state index >= 15 is 0 Å². The van der Waals surface area contributed by atoms with Gasteiger partial charge in [-0.05, 0) is 31.9 Å². The van der Waals surface area contributed by atoms with Crippen molar-refractivity contribution in [1.82, 2.24) is 4.98 Å². The van der Waals surface area contributed by atoms with E-state index in [4.69, 9.17) is 5.73 Å². The summed E-state index contributed by atoms with van der Waals surface area (Å²) >= 11 is 0. The third-order valence-electron chi connectivity index (χ3n) is 2.65. The fourth-order valence-corrected chi connectivity index (χ4v) is 1.63. The molecule has 0 aliphatic rings. The number of nitrogens with one attached hydrogen (secondary N) is 1. The number of carbonyl (C=O) groups is 2. The summed E-state index contributed by atoms with van der Waals surface area (Å²) in [5.74, 6) is 0.0265. The SMILES string of the molecule is COC(=O)c1ccc(NCCCCC(N)=O)nc1C. The van der Waals surface area contributed by atoms with E-state index in [0.717, 1.165) is 12.8 Å². The highest BCUT2D eigenvalue weighted by Crippen LogP contribution is 2.11. The first-order chi connectivity index (χ1) is 9.04. The van der Waals surface area contributed by atoms with Crippen molar-refractivity contribution in [2.45, 2.75) is 26.2 Å². The Labute approximate surface area is 112 Å². The Bertz CT molecular complexity index is 460. The highest BCUT2D eigenvalue weighted by molar-refractivity contribution is 5.90. The van der Waals surface area contributed by atoms with Crippen molar-refractivity contribution < 1.29 is 14.3 Å². The quantitative estimate of drug-likeness (QED) is 0.571. The maximum Gasteiger partial charge on any atom is 0.339 e. The van der Waals surface area contributed by atoms with Gasteiger partial charge in [-0.2, -0.15) is 0 Å². The highest BCUT2D eigenvalue weighted by atomic mass is 16.5. The molecule has 0 bridgehead atoms. The third-order valence-corrected chi connectivity index (χ3v) is 2.65. The van der Waals surface area contributed by atoms with Crippen LogP contribution in [-0.2, 0) is 9.53 Å². The van der Waals surface area contributed by atoms with Crippen LogP contribution in [0, 0.1) is 6.92 Å². The maximum absolute atomic E-state index is 11.4. The summed E-state index contributed by atoms with van der Waals surface area (Å²) in [7, 11) is 1.34. The van der Waals surface area contributed by atoms with E-state index in [9.17, 15) is 9.59 Å². The molecule has 0 spiro atoms. The summed E-state index contributed by atoms with van der Waals surface area (Å²) in [6.07, 6.45) is 1.99. The lowest BCUT2D eigenvalue weighted by molar-refractivity contribution is -0.118. The molecule has 0 aromatic carbocycles. The van der Waals surface area contributed by atoms with Crippen molar-refractivity contribution >= 4 is 17.7 Å². The maximum atomic E-state index is 11.4. The first-order valence-electron chi connectivity index (χ1n) is 6.12. The van der Waals surface area contributed by atoms with E-state index in [0.29, 0.717) is 30.0 Å². The number of unbranched alkanes of at least 4 members (excludes halogenated alkanes) is 1. The van der Waals surface area contributed by atoms with E-state index < -0.39 is 5.97 Å². The fraction of sp³-hybridized carbons (Fsp3) is 0.462. The number of carbonyl (C=O) groups excluding carboxylic acids is 2. The average Bonchev–Trinajstić information content (AvgIpc) is 2.37. The molecule has 0 saturated carbocycles. The molecular weight excluding hydrogens is 246 g/mol. The van der Waals surface area contributed by atoms with Gasteiger partial charge >= 0.3 is 5.97 Å². The summed E-state index contributed by atoms with van der Waals surface area (Å²) in [6.45, 7) is 2.46. The zero-order chi connectivity index (χ0) is 14.3. The molecule has 0 aliphatic carbocycles. The number of methoxy groups -OCH3 is 1. The van der Waals surface area contributed by atoms with E-state index in [1.54, 1.807) is 19.1 Å². The van der Waals surface area contributed by atoms with Gasteiger partial charge in [0, 0.05) is 13.0 Å². The van der Waals surface area contributed by atoms with Gasteiger partial charge in [-0.25, -0.2) is 9.78 Å². The number of anilines is 1. The molecule has 1 heterocycles. The molecule has 0 saturated heterocycles. The zero-order valence-corrected chi connectivity index (χ0v) is 11.2. The van der Waals surface area contributed by atoms with Crippen LogP contribution in [0.4, 0.5) is 5.82 Å². The molecule has 19 heavy (non-hydrogen) atoms. The van der Waals surface area contributed by atoms with E-state index in [1.165, 1.54) is 7.11 Å². The zero-order valence-electron chi connectivity index (χ0n) is 11.2. The summed E-state index contributed by atoms with van der Waals surface area (Å²) in [5, 5.41) is 3.13.